The van der Waals surface area contributed by atoms with Crippen LogP contribution in [0.25, 0.3) is 4.96 Å². The normalized spacial score (nSPS) is 12.6. The predicted molar refractivity (Wildman–Crippen MR) is 68.1 cm³/mol. The number of aliphatic hydroxyl groups excluding tert-OH is 1. The first kappa shape index (κ1) is 12.7. The van der Waals surface area contributed by atoms with Crippen LogP contribution in [0.3, 0.4) is 0 Å². The topological polar surface area (TPSA) is 83.7 Å². The van der Waals surface area contributed by atoms with Crippen LogP contribution in [0.4, 0.5) is 0 Å². The van der Waals surface area contributed by atoms with E-state index < -0.39 is 17.5 Å². The van der Waals surface area contributed by atoms with Crippen molar-refractivity contribution in [3.8, 4) is 0 Å². The summed E-state index contributed by atoms with van der Waals surface area (Å²) in [4.78, 5) is 29.5. The maximum atomic E-state index is 12.1. The van der Waals surface area contributed by atoms with E-state index in [1.165, 1.54) is 21.9 Å². The molecule has 0 aliphatic heterocycles. The molecule has 0 bridgehead atoms. The Kier molecular flexibility index (Phi) is 3.44. The molecule has 7 heteroatoms. The van der Waals surface area contributed by atoms with E-state index >= 15 is 0 Å². The van der Waals surface area contributed by atoms with Crippen LogP contribution in [0.1, 0.15) is 22.2 Å². The van der Waals surface area contributed by atoms with Crippen LogP contribution in [0.2, 0.25) is 0 Å². The molecular weight excluding hydrogens is 254 g/mol. The number of hydrogen-bond acceptors (Lipinski definition) is 5. The molecule has 6 nitrogen and oxygen atoms in total. The van der Waals surface area contributed by atoms with Gasteiger partial charge in [0, 0.05) is 23.3 Å². The van der Waals surface area contributed by atoms with Crippen molar-refractivity contribution in [3.05, 3.63) is 33.2 Å². The number of nitrogens with zero attached hydrogens (tertiary/aromatic N) is 2. The largest absolute Gasteiger partial charge is 0.394 e. The van der Waals surface area contributed by atoms with Crippen LogP contribution in [0.15, 0.2) is 17.2 Å². The van der Waals surface area contributed by atoms with Crippen LogP contribution in [0, 0.1) is 6.92 Å². The fourth-order valence-corrected chi connectivity index (χ4v) is 2.28. The van der Waals surface area contributed by atoms with Crippen molar-refractivity contribution >= 4 is 22.2 Å². The molecule has 2 aromatic heterocycles. The Morgan fingerprint density at radius 3 is 3.06 bits per heavy atom. The van der Waals surface area contributed by atoms with Gasteiger partial charge in [-0.15, -0.1) is 11.3 Å². The summed E-state index contributed by atoms with van der Waals surface area (Å²) in [6.07, 6.45) is 2.93. The average molecular weight is 267 g/mol. The standard InChI is InChI=1S/C11H13N3O3S/c1-6(5-15)13-9(16)8-3-12-11-14(10(8)17)4-7(2)18-11/h3-4,6,15H,5H2,1-2H3,(H,13,16). The lowest BCUT2D eigenvalue weighted by Gasteiger charge is -2.09. The monoisotopic (exact) mass is 267 g/mol. The number of carbonyl (C=O) groups excluding carboxylic acids is 1. The Morgan fingerprint density at radius 2 is 2.39 bits per heavy atom. The number of rotatable bonds is 3. The molecule has 0 aliphatic rings. The lowest BCUT2D eigenvalue weighted by Crippen LogP contribution is -2.38. The second-order valence-electron chi connectivity index (χ2n) is 4.03. The number of carbonyl (C=O) groups is 1. The highest BCUT2D eigenvalue weighted by Gasteiger charge is 2.15. The van der Waals surface area contributed by atoms with E-state index in [0.29, 0.717) is 4.96 Å². The summed E-state index contributed by atoms with van der Waals surface area (Å²) in [6.45, 7) is 3.34. The summed E-state index contributed by atoms with van der Waals surface area (Å²) >= 11 is 1.39. The van der Waals surface area contributed by atoms with E-state index in [2.05, 4.69) is 10.3 Å². The van der Waals surface area contributed by atoms with Gasteiger partial charge < -0.3 is 10.4 Å². The van der Waals surface area contributed by atoms with Gasteiger partial charge in [0.25, 0.3) is 11.5 Å². The van der Waals surface area contributed by atoms with E-state index in [4.69, 9.17) is 5.11 Å². The number of amides is 1. The summed E-state index contributed by atoms with van der Waals surface area (Å²) in [5.41, 5.74) is -0.419. The molecule has 0 radical (unpaired) electrons. The first-order chi connectivity index (χ1) is 8.52. The second kappa shape index (κ2) is 4.87. The molecule has 96 valence electrons. The number of aliphatic hydroxyl groups is 1. The second-order valence-corrected chi connectivity index (χ2v) is 5.24. The molecule has 2 heterocycles. The summed E-state index contributed by atoms with van der Waals surface area (Å²) in [6, 6.07) is -0.401. The van der Waals surface area contributed by atoms with Gasteiger partial charge in [0.1, 0.15) is 5.56 Å². The van der Waals surface area contributed by atoms with Crippen molar-refractivity contribution in [1.82, 2.24) is 14.7 Å². The molecule has 18 heavy (non-hydrogen) atoms. The Hall–Kier alpha value is -1.73. The third kappa shape index (κ3) is 2.27. The maximum Gasteiger partial charge on any atom is 0.271 e. The quantitative estimate of drug-likeness (QED) is 0.830. The van der Waals surface area contributed by atoms with E-state index in [-0.39, 0.29) is 12.2 Å². The SMILES string of the molecule is Cc1cn2c(=O)c(C(=O)NC(C)CO)cnc2s1. The van der Waals surface area contributed by atoms with Gasteiger partial charge in [0.2, 0.25) is 0 Å². The summed E-state index contributed by atoms with van der Waals surface area (Å²) in [5, 5.41) is 11.4. The number of hydrogen-bond donors (Lipinski definition) is 2. The van der Waals surface area contributed by atoms with Gasteiger partial charge in [-0.05, 0) is 13.8 Å². The van der Waals surface area contributed by atoms with Crippen molar-refractivity contribution in [2.75, 3.05) is 6.61 Å². The number of thiazole rings is 1. The molecule has 0 aromatic carbocycles. The van der Waals surface area contributed by atoms with Crippen molar-refractivity contribution in [1.29, 1.82) is 0 Å². The molecule has 1 unspecified atom stereocenters. The van der Waals surface area contributed by atoms with Gasteiger partial charge in [-0.3, -0.25) is 14.0 Å². The smallest absolute Gasteiger partial charge is 0.271 e. The molecule has 0 aliphatic carbocycles. The van der Waals surface area contributed by atoms with Crippen molar-refractivity contribution in [3.63, 3.8) is 0 Å². The minimum Gasteiger partial charge on any atom is -0.394 e. The fraction of sp³-hybridized carbons (Fsp3) is 0.364. The Balaban J connectivity index is 2.43. The predicted octanol–water partition coefficient (Wildman–Crippen LogP) is 0.175. The molecule has 2 N–H and O–H groups in total. The molecule has 0 fully saturated rings. The van der Waals surface area contributed by atoms with E-state index in [9.17, 15) is 9.59 Å². The lowest BCUT2D eigenvalue weighted by atomic mass is 10.3. The van der Waals surface area contributed by atoms with E-state index in [1.807, 2.05) is 6.92 Å². The van der Waals surface area contributed by atoms with Crippen LogP contribution in [-0.2, 0) is 0 Å². The zero-order valence-electron chi connectivity index (χ0n) is 10.0. The summed E-state index contributed by atoms with van der Waals surface area (Å²) in [7, 11) is 0. The zero-order valence-corrected chi connectivity index (χ0v) is 10.8. The van der Waals surface area contributed by atoms with Gasteiger partial charge in [-0.2, -0.15) is 0 Å². The van der Waals surface area contributed by atoms with Gasteiger partial charge in [0.15, 0.2) is 4.96 Å². The number of nitrogens with one attached hydrogen (secondary N) is 1. The Morgan fingerprint density at radius 1 is 1.67 bits per heavy atom. The first-order valence-electron chi connectivity index (χ1n) is 5.42. The molecule has 2 rings (SSSR count). The van der Waals surface area contributed by atoms with Crippen LogP contribution < -0.4 is 10.9 Å². The highest BCUT2D eigenvalue weighted by Crippen LogP contribution is 2.12. The van der Waals surface area contributed by atoms with Gasteiger partial charge >= 0.3 is 0 Å². The summed E-state index contributed by atoms with van der Waals surface area (Å²) in [5.74, 6) is -0.521. The van der Waals surface area contributed by atoms with Crippen molar-refractivity contribution in [2.24, 2.45) is 0 Å². The van der Waals surface area contributed by atoms with Crippen molar-refractivity contribution in [2.45, 2.75) is 19.9 Å². The molecule has 0 saturated heterocycles. The van der Waals surface area contributed by atoms with Gasteiger partial charge in [-0.1, -0.05) is 0 Å². The fourth-order valence-electron chi connectivity index (χ4n) is 1.50. The van der Waals surface area contributed by atoms with E-state index in [1.54, 1.807) is 13.1 Å². The molecule has 1 atom stereocenters. The van der Waals surface area contributed by atoms with Crippen LogP contribution in [-0.4, -0.2) is 33.0 Å². The van der Waals surface area contributed by atoms with E-state index in [0.717, 1.165) is 4.88 Å². The molecule has 1 amide bonds. The van der Waals surface area contributed by atoms with Crippen LogP contribution >= 0.6 is 11.3 Å². The lowest BCUT2D eigenvalue weighted by molar-refractivity contribution is 0.0920. The molecule has 0 saturated carbocycles. The highest BCUT2D eigenvalue weighted by atomic mass is 32.1. The molecule has 0 spiro atoms. The minimum absolute atomic E-state index is 0.0226. The number of fused-ring (bicyclic) bond motifs is 1. The van der Waals surface area contributed by atoms with Crippen molar-refractivity contribution < 1.29 is 9.90 Å². The Bertz CT molecular complexity index is 647. The number of aryl methyl sites for hydroxylation is 1. The van der Waals surface area contributed by atoms with Crippen LogP contribution in [0.5, 0.6) is 0 Å². The third-order valence-corrected chi connectivity index (χ3v) is 3.33. The molecular formula is C11H13N3O3S. The summed E-state index contributed by atoms with van der Waals surface area (Å²) < 4.78 is 1.36. The van der Waals surface area contributed by atoms with Gasteiger partial charge in [0.05, 0.1) is 6.61 Å². The average Bonchev–Trinajstić information content (AvgIpc) is 2.70. The number of aromatic nitrogens is 2. The zero-order chi connectivity index (χ0) is 13.3. The minimum atomic E-state index is -0.521. The van der Waals surface area contributed by atoms with Gasteiger partial charge in [-0.25, -0.2) is 4.98 Å². The third-order valence-electron chi connectivity index (χ3n) is 2.42. The molecule has 2 aromatic rings. The maximum absolute atomic E-state index is 12.1. The first-order valence-corrected chi connectivity index (χ1v) is 6.24. The Labute approximate surface area is 107 Å². The highest BCUT2D eigenvalue weighted by molar-refractivity contribution is 7.16.